The maximum Gasteiger partial charge on any atom is 0.337 e. The predicted molar refractivity (Wildman–Crippen MR) is 76.6 cm³/mol. The van der Waals surface area contributed by atoms with Gasteiger partial charge in [-0.25, -0.2) is 9.78 Å². The molecule has 3 aromatic heterocycles. The number of aromatic nitrogens is 3. The van der Waals surface area contributed by atoms with Crippen molar-refractivity contribution in [2.45, 2.75) is 6.42 Å². The van der Waals surface area contributed by atoms with E-state index in [2.05, 4.69) is 15.3 Å². The number of amides is 1. The minimum Gasteiger partial charge on any atom is -0.478 e. The molecule has 0 bridgehead atoms. The second-order valence-electron chi connectivity index (χ2n) is 4.28. The maximum atomic E-state index is 12.0. The molecule has 0 aliphatic heterocycles. The van der Waals surface area contributed by atoms with Gasteiger partial charge in [0, 0.05) is 24.0 Å². The van der Waals surface area contributed by atoms with Gasteiger partial charge in [-0.15, -0.1) is 11.3 Å². The lowest BCUT2D eigenvalue weighted by molar-refractivity contribution is -0.115. The van der Waals surface area contributed by atoms with Crippen molar-refractivity contribution in [3.63, 3.8) is 0 Å². The summed E-state index contributed by atoms with van der Waals surface area (Å²) in [4.78, 5) is 32.0. The number of nitrogens with one attached hydrogen (secondary N) is 1. The van der Waals surface area contributed by atoms with Crippen LogP contribution in [0, 0.1) is 0 Å². The standard InChI is InChI=1S/C13H10N4O3S/c18-11(5-8-7-17-3-4-21-13(17)15-8)16-10-6-14-2-1-9(10)12(19)20/h1-4,6-7H,5H2,(H,16,18)(H,19,20). The molecule has 0 aromatic carbocycles. The van der Waals surface area contributed by atoms with Crippen LogP contribution in [0.2, 0.25) is 0 Å². The van der Waals surface area contributed by atoms with E-state index in [1.807, 2.05) is 16.0 Å². The van der Waals surface area contributed by atoms with E-state index in [4.69, 9.17) is 5.11 Å². The third-order valence-corrected chi connectivity index (χ3v) is 3.58. The highest BCUT2D eigenvalue weighted by atomic mass is 32.1. The van der Waals surface area contributed by atoms with Crippen LogP contribution in [0.15, 0.2) is 36.2 Å². The number of carbonyl (C=O) groups excluding carboxylic acids is 1. The Morgan fingerprint density at radius 1 is 1.43 bits per heavy atom. The minimum absolute atomic E-state index is 0.00386. The first-order valence-corrected chi connectivity index (χ1v) is 6.89. The highest BCUT2D eigenvalue weighted by molar-refractivity contribution is 7.15. The van der Waals surface area contributed by atoms with Gasteiger partial charge in [-0.1, -0.05) is 0 Å². The quantitative estimate of drug-likeness (QED) is 0.764. The number of carboxylic acid groups (broad SMARTS) is 1. The molecule has 0 aliphatic carbocycles. The zero-order chi connectivity index (χ0) is 14.8. The molecule has 3 rings (SSSR count). The van der Waals surface area contributed by atoms with E-state index in [0.717, 1.165) is 4.96 Å². The number of nitrogens with zero attached hydrogens (tertiary/aromatic N) is 3. The summed E-state index contributed by atoms with van der Waals surface area (Å²) in [6.07, 6.45) is 6.38. The Bertz CT molecular complexity index is 795. The van der Waals surface area contributed by atoms with E-state index >= 15 is 0 Å². The van der Waals surface area contributed by atoms with Crippen molar-refractivity contribution >= 4 is 33.9 Å². The largest absolute Gasteiger partial charge is 0.478 e. The van der Waals surface area contributed by atoms with Crippen LogP contribution >= 0.6 is 11.3 Å². The number of rotatable bonds is 4. The second-order valence-corrected chi connectivity index (χ2v) is 5.15. The second kappa shape index (κ2) is 5.33. The highest BCUT2D eigenvalue weighted by Gasteiger charge is 2.14. The molecule has 7 nitrogen and oxygen atoms in total. The average molecular weight is 302 g/mol. The van der Waals surface area contributed by atoms with Crippen LogP contribution in [-0.4, -0.2) is 31.4 Å². The van der Waals surface area contributed by atoms with Gasteiger partial charge in [0.2, 0.25) is 5.91 Å². The van der Waals surface area contributed by atoms with Gasteiger partial charge in [0.25, 0.3) is 0 Å². The van der Waals surface area contributed by atoms with Crippen molar-refractivity contribution in [1.29, 1.82) is 0 Å². The summed E-state index contributed by atoms with van der Waals surface area (Å²) in [5, 5.41) is 13.5. The Morgan fingerprint density at radius 3 is 3.05 bits per heavy atom. The first-order valence-electron chi connectivity index (χ1n) is 6.02. The summed E-state index contributed by atoms with van der Waals surface area (Å²) in [7, 11) is 0. The lowest BCUT2D eigenvalue weighted by atomic mass is 10.2. The third kappa shape index (κ3) is 2.75. The highest BCUT2D eigenvalue weighted by Crippen LogP contribution is 2.15. The molecule has 0 saturated carbocycles. The average Bonchev–Trinajstić information content (AvgIpc) is 2.99. The molecule has 1 amide bonds. The zero-order valence-corrected chi connectivity index (χ0v) is 11.5. The number of carboxylic acids is 1. The first-order chi connectivity index (χ1) is 10.1. The van der Waals surface area contributed by atoms with Crippen molar-refractivity contribution in [3.8, 4) is 0 Å². The molecule has 2 N–H and O–H groups in total. The Morgan fingerprint density at radius 2 is 2.29 bits per heavy atom. The summed E-state index contributed by atoms with van der Waals surface area (Å²) >= 11 is 1.48. The van der Waals surface area contributed by atoms with Crippen LogP contribution in [0.3, 0.4) is 0 Å². The fraction of sp³-hybridized carbons (Fsp3) is 0.0769. The van der Waals surface area contributed by atoms with Gasteiger partial charge in [0.15, 0.2) is 4.96 Å². The summed E-state index contributed by atoms with van der Waals surface area (Å²) in [5.41, 5.74) is 0.806. The van der Waals surface area contributed by atoms with E-state index in [0.29, 0.717) is 5.69 Å². The molecule has 0 atom stereocenters. The molecule has 0 aliphatic rings. The van der Waals surface area contributed by atoms with Crippen LogP contribution in [0.4, 0.5) is 5.69 Å². The third-order valence-electron chi connectivity index (χ3n) is 2.81. The number of aromatic carboxylic acids is 1. The van der Waals surface area contributed by atoms with Crippen LogP contribution in [0.25, 0.3) is 4.96 Å². The van der Waals surface area contributed by atoms with E-state index in [9.17, 15) is 9.59 Å². The molecule has 0 saturated heterocycles. The molecule has 21 heavy (non-hydrogen) atoms. The summed E-state index contributed by atoms with van der Waals surface area (Å²) in [5.74, 6) is -1.45. The number of hydrogen-bond acceptors (Lipinski definition) is 5. The van der Waals surface area contributed by atoms with E-state index in [1.165, 1.54) is 29.8 Å². The monoisotopic (exact) mass is 302 g/mol. The van der Waals surface area contributed by atoms with Gasteiger partial charge < -0.3 is 10.4 Å². The summed E-state index contributed by atoms with van der Waals surface area (Å²) in [6, 6.07) is 1.34. The lowest BCUT2D eigenvalue weighted by Crippen LogP contribution is -2.17. The van der Waals surface area contributed by atoms with Crippen LogP contribution in [-0.2, 0) is 11.2 Å². The van der Waals surface area contributed by atoms with Gasteiger partial charge >= 0.3 is 5.97 Å². The predicted octanol–water partition coefficient (Wildman–Crippen LogP) is 1.67. The van der Waals surface area contributed by atoms with Gasteiger partial charge in [-0.2, -0.15) is 0 Å². The number of fused-ring (bicyclic) bond motifs is 1. The topological polar surface area (TPSA) is 96.6 Å². The van der Waals surface area contributed by atoms with Gasteiger partial charge in [-0.3, -0.25) is 14.2 Å². The number of pyridine rings is 1. The van der Waals surface area contributed by atoms with Gasteiger partial charge in [0.05, 0.1) is 29.6 Å². The Labute approximate surface area is 122 Å². The number of carbonyl (C=O) groups is 2. The number of imidazole rings is 1. The SMILES string of the molecule is O=C(Cc1cn2ccsc2n1)Nc1cnccc1C(=O)O. The molecular weight excluding hydrogens is 292 g/mol. The first kappa shape index (κ1) is 13.3. The molecule has 0 radical (unpaired) electrons. The number of hydrogen-bond donors (Lipinski definition) is 2. The van der Waals surface area contributed by atoms with Gasteiger partial charge in [-0.05, 0) is 6.07 Å². The zero-order valence-electron chi connectivity index (χ0n) is 10.7. The van der Waals surface area contributed by atoms with Crippen molar-refractivity contribution in [2.75, 3.05) is 5.32 Å². The number of anilines is 1. The minimum atomic E-state index is -1.12. The van der Waals surface area contributed by atoms with Crippen LogP contribution in [0.5, 0.6) is 0 Å². The molecule has 0 spiro atoms. The fourth-order valence-corrected chi connectivity index (χ4v) is 2.62. The Hall–Kier alpha value is -2.74. The number of thiazole rings is 1. The maximum absolute atomic E-state index is 12.0. The molecule has 3 aromatic rings. The van der Waals surface area contributed by atoms with E-state index in [-0.39, 0.29) is 23.6 Å². The molecule has 3 heterocycles. The summed E-state index contributed by atoms with van der Waals surface area (Å²) in [6.45, 7) is 0. The molecule has 8 heteroatoms. The smallest absolute Gasteiger partial charge is 0.337 e. The fourth-order valence-electron chi connectivity index (χ4n) is 1.90. The van der Waals surface area contributed by atoms with Gasteiger partial charge in [0.1, 0.15) is 0 Å². The van der Waals surface area contributed by atoms with Crippen molar-refractivity contribution in [1.82, 2.24) is 14.4 Å². The van der Waals surface area contributed by atoms with Crippen LogP contribution in [0.1, 0.15) is 16.1 Å². The van der Waals surface area contributed by atoms with Crippen molar-refractivity contribution in [3.05, 3.63) is 47.5 Å². The Balaban J connectivity index is 1.75. The van der Waals surface area contributed by atoms with E-state index in [1.54, 1.807) is 6.20 Å². The summed E-state index contributed by atoms with van der Waals surface area (Å²) < 4.78 is 1.83. The molecular formula is C13H10N4O3S. The Kier molecular flexibility index (Phi) is 3.36. The molecule has 0 fully saturated rings. The lowest BCUT2D eigenvalue weighted by Gasteiger charge is -2.06. The normalized spacial score (nSPS) is 10.7. The van der Waals surface area contributed by atoms with Crippen LogP contribution < -0.4 is 5.32 Å². The molecule has 0 unspecified atom stereocenters. The van der Waals surface area contributed by atoms with E-state index < -0.39 is 5.97 Å². The van der Waals surface area contributed by atoms with Crippen molar-refractivity contribution in [2.24, 2.45) is 0 Å². The molecule has 106 valence electrons. The van der Waals surface area contributed by atoms with Crippen molar-refractivity contribution < 1.29 is 14.7 Å².